The summed E-state index contributed by atoms with van der Waals surface area (Å²) in [5.74, 6) is 0.395. The Kier molecular flexibility index (Phi) is 5.31. The summed E-state index contributed by atoms with van der Waals surface area (Å²) < 4.78 is 15.7. The number of nitrogens with one attached hydrogen (secondary N) is 1. The van der Waals surface area contributed by atoms with E-state index in [1.54, 1.807) is 12.1 Å². The second kappa shape index (κ2) is 6.99. The summed E-state index contributed by atoms with van der Waals surface area (Å²) in [7, 11) is 0. The van der Waals surface area contributed by atoms with Gasteiger partial charge in [-0.3, -0.25) is 0 Å². The van der Waals surface area contributed by atoms with E-state index < -0.39 is 0 Å². The quantitative estimate of drug-likeness (QED) is 0.871. The normalized spacial score (nSPS) is 11.2. The van der Waals surface area contributed by atoms with Crippen LogP contribution in [0.1, 0.15) is 25.1 Å². The average molecular weight is 340 g/mol. The average Bonchev–Trinajstić information content (AvgIpc) is 2.81. The molecule has 0 radical (unpaired) electrons. The number of aromatic nitrogens is 2. The molecule has 1 aromatic carbocycles. The van der Waals surface area contributed by atoms with Gasteiger partial charge in [0.05, 0.1) is 16.5 Å². The zero-order chi connectivity index (χ0) is 14.5. The van der Waals surface area contributed by atoms with Crippen molar-refractivity contribution < 1.29 is 4.39 Å². The van der Waals surface area contributed by atoms with E-state index in [-0.39, 0.29) is 5.82 Å². The van der Waals surface area contributed by atoms with Crippen molar-refractivity contribution >= 4 is 15.9 Å². The summed E-state index contributed by atoms with van der Waals surface area (Å²) in [4.78, 5) is 4.36. The zero-order valence-electron chi connectivity index (χ0n) is 11.7. The van der Waals surface area contributed by atoms with Crippen LogP contribution < -0.4 is 5.32 Å². The summed E-state index contributed by atoms with van der Waals surface area (Å²) >= 11 is 3.20. The molecule has 1 N–H and O–H groups in total. The lowest BCUT2D eigenvalue weighted by atomic mass is 10.2. The molecule has 0 unspecified atom stereocenters. The fourth-order valence-electron chi connectivity index (χ4n) is 1.92. The standard InChI is InChI=1S/C15H19BrFN3/c1-11(2)6-18-7-13-9-20(10-19-13)8-12-3-4-15(17)14(16)5-12/h3-5,9-11,18H,6-8H2,1-2H3. The van der Waals surface area contributed by atoms with Crippen molar-refractivity contribution in [2.75, 3.05) is 6.54 Å². The van der Waals surface area contributed by atoms with E-state index in [1.165, 1.54) is 6.07 Å². The maximum absolute atomic E-state index is 13.2. The van der Waals surface area contributed by atoms with Crippen LogP contribution in [0.4, 0.5) is 4.39 Å². The molecule has 0 saturated carbocycles. The van der Waals surface area contributed by atoms with E-state index in [9.17, 15) is 4.39 Å². The molecule has 2 rings (SSSR count). The third-order valence-electron chi connectivity index (χ3n) is 2.89. The largest absolute Gasteiger partial charge is 0.333 e. The molecule has 0 bridgehead atoms. The first-order valence-corrected chi connectivity index (χ1v) is 7.49. The first kappa shape index (κ1) is 15.2. The van der Waals surface area contributed by atoms with Gasteiger partial charge in [-0.1, -0.05) is 19.9 Å². The highest BCUT2D eigenvalue weighted by Crippen LogP contribution is 2.17. The fourth-order valence-corrected chi connectivity index (χ4v) is 2.35. The molecule has 0 saturated heterocycles. The maximum Gasteiger partial charge on any atom is 0.137 e. The van der Waals surface area contributed by atoms with Crippen molar-refractivity contribution in [3.8, 4) is 0 Å². The lowest BCUT2D eigenvalue weighted by Gasteiger charge is -2.05. The van der Waals surface area contributed by atoms with Gasteiger partial charge in [-0.15, -0.1) is 0 Å². The first-order valence-electron chi connectivity index (χ1n) is 6.70. The van der Waals surface area contributed by atoms with Crippen LogP contribution in [0.25, 0.3) is 0 Å². The minimum absolute atomic E-state index is 0.238. The molecule has 0 atom stereocenters. The highest BCUT2D eigenvalue weighted by molar-refractivity contribution is 9.10. The fraction of sp³-hybridized carbons (Fsp3) is 0.400. The SMILES string of the molecule is CC(C)CNCc1cn(Cc2ccc(F)c(Br)c2)cn1. The van der Waals surface area contributed by atoms with Crippen LogP contribution in [0.5, 0.6) is 0 Å². The molecule has 0 aliphatic rings. The number of nitrogens with zero attached hydrogens (tertiary/aromatic N) is 2. The van der Waals surface area contributed by atoms with Gasteiger partial charge in [0.1, 0.15) is 5.82 Å². The minimum Gasteiger partial charge on any atom is -0.333 e. The maximum atomic E-state index is 13.2. The molecule has 20 heavy (non-hydrogen) atoms. The van der Waals surface area contributed by atoms with E-state index in [0.29, 0.717) is 16.9 Å². The van der Waals surface area contributed by atoms with Gasteiger partial charge >= 0.3 is 0 Å². The van der Waals surface area contributed by atoms with Gasteiger partial charge in [-0.05, 0) is 46.1 Å². The number of imidazole rings is 1. The number of hydrogen-bond donors (Lipinski definition) is 1. The summed E-state index contributed by atoms with van der Waals surface area (Å²) in [6.45, 7) is 6.81. The van der Waals surface area contributed by atoms with Gasteiger partial charge in [0.25, 0.3) is 0 Å². The molecule has 1 aromatic heterocycles. The van der Waals surface area contributed by atoms with Crippen LogP contribution in [0, 0.1) is 11.7 Å². The van der Waals surface area contributed by atoms with Gasteiger partial charge in [-0.2, -0.15) is 0 Å². The zero-order valence-corrected chi connectivity index (χ0v) is 13.3. The van der Waals surface area contributed by atoms with Crippen LogP contribution in [0.15, 0.2) is 35.2 Å². The Morgan fingerprint density at radius 2 is 2.20 bits per heavy atom. The number of halogens is 2. The topological polar surface area (TPSA) is 29.9 Å². The minimum atomic E-state index is -0.238. The van der Waals surface area contributed by atoms with Crippen LogP contribution in [-0.2, 0) is 13.1 Å². The monoisotopic (exact) mass is 339 g/mol. The van der Waals surface area contributed by atoms with Crippen molar-refractivity contribution in [3.05, 3.63) is 52.3 Å². The molecule has 1 heterocycles. The molecule has 0 aliphatic carbocycles. The van der Waals surface area contributed by atoms with E-state index in [4.69, 9.17) is 0 Å². The molecule has 108 valence electrons. The van der Waals surface area contributed by atoms with E-state index >= 15 is 0 Å². The molecular formula is C15H19BrFN3. The van der Waals surface area contributed by atoms with Crippen molar-refractivity contribution in [3.63, 3.8) is 0 Å². The number of rotatable bonds is 6. The summed E-state index contributed by atoms with van der Waals surface area (Å²) in [5.41, 5.74) is 2.06. The lowest BCUT2D eigenvalue weighted by Crippen LogP contribution is -2.19. The van der Waals surface area contributed by atoms with Gasteiger partial charge in [0, 0.05) is 19.3 Å². The molecule has 0 spiro atoms. The van der Waals surface area contributed by atoms with E-state index in [2.05, 4.69) is 40.1 Å². The Morgan fingerprint density at radius 1 is 1.40 bits per heavy atom. The van der Waals surface area contributed by atoms with E-state index in [1.807, 2.05) is 17.1 Å². The third-order valence-corrected chi connectivity index (χ3v) is 3.50. The van der Waals surface area contributed by atoms with Crippen LogP contribution in [-0.4, -0.2) is 16.1 Å². The molecule has 3 nitrogen and oxygen atoms in total. The molecule has 2 aromatic rings. The predicted molar refractivity (Wildman–Crippen MR) is 82.0 cm³/mol. The van der Waals surface area contributed by atoms with Crippen molar-refractivity contribution in [2.45, 2.75) is 26.9 Å². The second-order valence-corrected chi connectivity index (χ2v) is 6.16. The van der Waals surface area contributed by atoms with Crippen LogP contribution >= 0.6 is 15.9 Å². The second-order valence-electron chi connectivity index (χ2n) is 5.31. The predicted octanol–water partition coefficient (Wildman–Crippen LogP) is 3.58. The van der Waals surface area contributed by atoms with Crippen LogP contribution in [0.3, 0.4) is 0 Å². The van der Waals surface area contributed by atoms with Gasteiger partial charge in [0.15, 0.2) is 0 Å². The third kappa shape index (κ3) is 4.42. The Balaban J connectivity index is 1.93. The molecule has 0 fully saturated rings. The van der Waals surface area contributed by atoms with Gasteiger partial charge in [0.2, 0.25) is 0 Å². The Hall–Kier alpha value is -1.20. The molecule has 0 aliphatic heterocycles. The summed E-state index contributed by atoms with van der Waals surface area (Å²) in [5, 5.41) is 3.36. The number of hydrogen-bond acceptors (Lipinski definition) is 2. The summed E-state index contributed by atoms with van der Waals surface area (Å²) in [6.07, 6.45) is 3.83. The van der Waals surface area contributed by atoms with Crippen molar-refractivity contribution in [2.24, 2.45) is 5.92 Å². The van der Waals surface area contributed by atoms with Crippen LogP contribution in [0.2, 0.25) is 0 Å². The Morgan fingerprint density at radius 3 is 2.90 bits per heavy atom. The van der Waals surface area contributed by atoms with Crippen molar-refractivity contribution in [1.82, 2.24) is 14.9 Å². The summed E-state index contributed by atoms with van der Waals surface area (Å²) in [6, 6.07) is 5.06. The van der Waals surface area contributed by atoms with Gasteiger partial charge in [-0.25, -0.2) is 9.37 Å². The Labute approximate surface area is 127 Å². The molecular weight excluding hydrogens is 321 g/mol. The molecule has 5 heteroatoms. The van der Waals surface area contributed by atoms with E-state index in [0.717, 1.165) is 24.3 Å². The van der Waals surface area contributed by atoms with Gasteiger partial charge < -0.3 is 9.88 Å². The molecule has 0 amide bonds. The highest BCUT2D eigenvalue weighted by atomic mass is 79.9. The highest BCUT2D eigenvalue weighted by Gasteiger charge is 2.03. The van der Waals surface area contributed by atoms with Crippen molar-refractivity contribution in [1.29, 1.82) is 0 Å². The number of benzene rings is 1. The first-order chi connectivity index (χ1) is 9.54. The lowest BCUT2D eigenvalue weighted by molar-refractivity contribution is 0.548. The Bertz CT molecular complexity index is 566. The smallest absolute Gasteiger partial charge is 0.137 e.